The quantitative estimate of drug-likeness (QED) is 0.922. The number of thiophene rings is 1. The van der Waals surface area contributed by atoms with E-state index in [0.29, 0.717) is 6.42 Å². The highest BCUT2D eigenvalue weighted by Crippen LogP contribution is 2.31. The summed E-state index contributed by atoms with van der Waals surface area (Å²) in [6.07, 6.45) is 8.72. The van der Waals surface area contributed by atoms with Crippen LogP contribution in [0.25, 0.3) is 0 Å². The van der Waals surface area contributed by atoms with E-state index in [9.17, 15) is 9.90 Å². The second-order valence-electron chi connectivity index (χ2n) is 6.04. The van der Waals surface area contributed by atoms with E-state index in [2.05, 4.69) is 6.08 Å². The van der Waals surface area contributed by atoms with Gasteiger partial charge >= 0.3 is 0 Å². The molecule has 3 rings (SSSR count). The Morgan fingerprint density at radius 2 is 2.33 bits per heavy atom. The fourth-order valence-corrected chi connectivity index (χ4v) is 4.14. The van der Waals surface area contributed by atoms with E-state index in [1.54, 1.807) is 11.3 Å². The Hall–Kier alpha value is -1.13. The van der Waals surface area contributed by atoms with Crippen LogP contribution in [-0.2, 0) is 4.79 Å². The molecule has 1 aromatic heterocycles. The first kappa shape index (κ1) is 14.8. The summed E-state index contributed by atoms with van der Waals surface area (Å²) in [5, 5.41) is 12.3. The van der Waals surface area contributed by atoms with Crippen LogP contribution in [0.4, 0.5) is 0 Å². The van der Waals surface area contributed by atoms with Gasteiger partial charge in [-0.3, -0.25) is 4.79 Å². The molecular weight excluding hydrogens is 282 g/mol. The number of hydrogen-bond donors (Lipinski definition) is 1. The van der Waals surface area contributed by atoms with Crippen LogP contribution in [0.1, 0.15) is 55.9 Å². The lowest BCUT2D eigenvalue weighted by atomic mass is 9.98. The summed E-state index contributed by atoms with van der Waals surface area (Å²) in [6, 6.07) is 4.13. The third-order valence-electron chi connectivity index (χ3n) is 4.57. The highest BCUT2D eigenvalue weighted by Gasteiger charge is 2.32. The lowest BCUT2D eigenvalue weighted by Gasteiger charge is -2.28. The number of carbonyl (C=O) groups excluding carboxylic acids is 1. The average Bonchev–Trinajstić information content (AvgIpc) is 3.19. The predicted molar refractivity (Wildman–Crippen MR) is 85.2 cm³/mol. The molecule has 1 saturated heterocycles. The topological polar surface area (TPSA) is 40.5 Å². The van der Waals surface area contributed by atoms with Crippen LogP contribution in [0.2, 0.25) is 0 Å². The number of likely N-dealkylation sites (tertiary alicyclic amines) is 1. The molecule has 1 N–H and O–H groups in total. The summed E-state index contributed by atoms with van der Waals surface area (Å²) < 4.78 is 0. The van der Waals surface area contributed by atoms with Crippen LogP contribution in [-0.4, -0.2) is 28.5 Å². The highest BCUT2D eigenvalue weighted by molar-refractivity contribution is 7.10. The number of nitrogens with zero attached hydrogens (tertiary/aromatic N) is 1. The van der Waals surface area contributed by atoms with Gasteiger partial charge < -0.3 is 10.0 Å². The van der Waals surface area contributed by atoms with E-state index < -0.39 is 6.10 Å². The van der Waals surface area contributed by atoms with Gasteiger partial charge in [0.2, 0.25) is 5.91 Å². The number of carbonyl (C=O) groups is 1. The average molecular weight is 305 g/mol. The molecule has 21 heavy (non-hydrogen) atoms. The van der Waals surface area contributed by atoms with Gasteiger partial charge in [0.05, 0.1) is 6.10 Å². The first-order chi connectivity index (χ1) is 10.3. The fourth-order valence-electron chi connectivity index (χ4n) is 3.42. The van der Waals surface area contributed by atoms with Crippen LogP contribution in [0.15, 0.2) is 29.2 Å². The Morgan fingerprint density at radius 3 is 3.05 bits per heavy atom. The number of hydrogen-bond acceptors (Lipinski definition) is 3. The van der Waals surface area contributed by atoms with E-state index in [1.807, 2.05) is 22.4 Å². The zero-order valence-corrected chi connectivity index (χ0v) is 13.1. The second-order valence-corrected chi connectivity index (χ2v) is 7.02. The van der Waals surface area contributed by atoms with Crippen LogP contribution in [0.3, 0.4) is 0 Å². The van der Waals surface area contributed by atoms with Crippen molar-refractivity contribution in [3.05, 3.63) is 34.0 Å². The Labute approximate surface area is 130 Å². The minimum absolute atomic E-state index is 0.192. The molecule has 2 heterocycles. The summed E-state index contributed by atoms with van der Waals surface area (Å²) in [7, 11) is 0. The predicted octanol–water partition coefficient (Wildman–Crippen LogP) is 3.66. The maximum atomic E-state index is 12.7. The third kappa shape index (κ3) is 3.38. The maximum absolute atomic E-state index is 12.7. The number of rotatable bonds is 4. The van der Waals surface area contributed by atoms with E-state index in [1.165, 1.54) is 6.42 Å². The van der Waals surface area contributed by atoms with Gasteiger partial charge in [0.25, 0.3) is 0 Å². The summed E-state index contributed by atoms with van der Waals surface area (Å²) in [5.41, 5.74) is 0.999. The molecule has 0 bridgehead atoms. The summed E-state index contributed by atoms with van der Waals surface area (Å²) >= 11 is 1.59. The Balaban J connectivity index is 1.65. The van der Waals surface area contributed by atoms with Crippen molar-refractivity contribution in [1.29, 1.82) is 0 Å². The molecule has 0 unspecified atom stereocenters. The van der Waals surface area contributed by atoms with Crippen LogP contribution in [0.5, 0.6) is 0 Å². The Bertz CT molecular complexity index is 509. The molecule has 1 aromatic rings. The Kier molecular flexibility index (Phi) is 4.76. The molecule has 1 amide bonds. The van der Waals surface area contributed by atoms with Crippen molar-refractivity contribution in [1.82, 2.24) is 4.90 Å². The van der Waals surface area contributed by atoms with Crippen molar-refractivity contribution in [2.75, 3.05) is 6.54 Å². The molecule has 0 radical (unpaired) electrons. The molecule has 3 nitrogen and oxygen atoms in total. The zero-order chi connectivity index (χ0) is 14.7. The molecule has 0 aromatic carbocycles. The zero-order valence-electron chi connectivity index (χ0n) is 12.3. The van der Waals surface area contributed by atoms with Crippen molar-refractivity contribution in [2.45, 2.75) is 57.1 Å². The van der Waals surface area contributed by atoms with E-state index in [4.69, 9.17) is 0 Å². The van der Waals surface area contributed by atoms with Gasteiger partial charge in [-0.15, -0.1) is 11.3 Å². The standard InChI is InChI=1S/C17H23NO2S/c19-15(16-9-5-11-21-16)12-14-8-4-10-18(14)17(20)13-6-2-1-3-7-13/h5-6,9,11,14-15,19H,1-4,7-8,10,12H2/t14-,15-/m0/s1. The summed E-state index contributed by atoms with van der Waals surface area (Å²) in [6.45, 7) is 0.845. The van der Waals surface area contributed by atoms with Gasteiger partial charge in [0.1, 0.15) is 0 Å². The van der Waals surface area contributed by atoms with Crippen LogP contribution in [0, 0.1) is 0 Å². The largest absolute Gasteiger partial charge is 0.387 e. The molecule has 4 heteroatoms. The molecule has 2 atom stereocenters. The number of aliphatic hydroxyl groups excluding tert-OH is 1. The van der Waals surface area contributed by atoms with Gasteiger partial charge in [-0.25, -0.2) is 0 Å². The lowest BCUT2D eigenvalue weighted by molar-refractivity contribution is -0.128. The number of amides is 1. The molecule has 1 aliphatic carbocycles. The second kappa shape index (κ2) is 6.75. The van der Waals surface area contributed by atoms with Gasteiger partial charge in [-0.1, -0.05) is 12.1 Å². The van der Waals surface area contributed by atoms with Crippen molar-refractivity contribution in [2.24, 2.45) is 0 Å². The smallest absolute Gasteiger partial charge is 0.249 e. The van der Waals surface area contributed by atoms with Crippen molar-refractivity contribution < 1.29 is 9.90 Å². The van der Waals surface area contributed by atoms with Gasteiger partial charge in [-0.2, -0.15) is 0 Å². The van der Waals surface area contributed by atoms with Gasteiger partial charge in [0.15, 0.2) is 0 Å². The third-order valence-corrected chi connectivity index (χ3v) is 5.54. The molecule has 0 saturated carbocycles. The number of aliphatic hydroxyl groups is 1. The first-order valence-corrected chi connectivity index (χ1v) is 8.85. The lowest BCUT2D eigenvalue weighted by Crippen LogP contribution is -2.37. The minimum atomic E-state index is -0.441. The first-order valence-electron chi connectivity index (χ1n) is 7.97. The van der Waals surface area contributed by atoms with Crippen LogP contribution >= 0.6 is 11.3 Å². The Morgan fingerprint density at radius 1 is 1.43 bits per heavy atom. The SMILES string of the molecule is O=C(C1=CCCCC1)N1CCC[C@H]1C[C@H](O)c1cccs1. The van der Waals surface area contributed by atoms with Crippen LogP contribution < -0.4 is 0 Å². The highest BCUT2D eigenvalue weighted by atomic mass is 32.1. The van der Waals surface area contributed by atoms with Crippen molar-refractivity contribution in [3.8, 4) is 0 Å². The molecule has 1 aliphatic heterocycles. The van der Waals surface area contributed by atoms with Gasteiger partial charge in [-0.05, 0) is 56.4 Å². The summed E-state index contributed by atoms with van der Waals surface area (Å²) in [4.78, 5) is 15.7. The minimum Gasteiger partial charge on any atom is -0.387 e. The normalized spacial score (nSPS) is 24.0. The molecular formula is C17H23NO2S. The maximum Gasteiger partial charge on any atom is 0.249 e. The number of allylic oxidation sites excluding steroid dienone is 1. The summed E-state index contributed by atoms with van der Waals surface area (Å²) in [5.74, 6) is 0.218. The monoisotopic (exact) mass is 305 g/mol. The van der Waals surface area contributed by atoms with E-state index in [0.717, 1.165) is 49.1 Å². The van der Waals surface area contributed by atoms with Gasteiger partial charge in [0, 0.05) is 23.0 Å². The molecule has 2 aliphatic rings. The molecule has 1 fully saturated rings. The molecule has 114 valence electrons. The van der Waals surface area contributed by atoms with E-state index >= 15 is 0 Å². The van der Waals surface area contributed by atoms with E-state index in [-0.39, 0.29) is 11.9 Å². The molecule has 0 spiro atoms. The van der Waals surface area contributed by atoms with Crippen molar-refractivity contribution >= 4 is 17.2 Å². The van der Waals surface area contributed by atoms with Crippen molar-refractivity contribution in [3.63, 3.8) is 0 Å². The fraction of sp³-hybridized carbons (Fsp3) is 0.588.